The first-order chi connectivity index (χ1) is 8.51. The molecule has 9 heteroatoms. The Hall–Kier alpha value is -2.35. The fraction of sp³-hybridized carbons (Fsp3) is 0.111. The molecule has 0 saturated carbocycles. The number of anilines is 1. The van der Waals surface area contributed by atoms with Crippen LogP contribution in [0.15, 0.2) is 12.1 Å². The zero-order valence-electron chi connectivity index (χ0n) is 9.06. The van der Waals surface area contributed by atoms with Crippen LogP contribution >= 0.6 is 11.6 Å². The number of rotatable bonds is 2. The lowest BCUT2D eigenvalue weighted by Gasteiger charge is -1.96. The van der Waals surface area contributed by atoms with Crippen molar-refractivity contribution in [2.24, 2.45) is 0 Å². The number of H-pyrrole nitrogens is 1. The Bertz CT molecular complexity index is 639. The maximum absolute atomic E-state index is 11.0. The summed E-state index contributed by atoms with van der Waals surface area (Å²) >= 11 is 5.73. The highest BCUT2D eigenvalue weighted by atomic mass is 35.5. The molecule has 18 heavy (non-hydrogen) atoms. The highest BCUT2D eigenvalue weighted by molar-refractivity contribution is 6.33. The number of fused-ring (bicyclic) bond motifs is 1. The third kappa shape index (κ3) is 2.18. The summed E-state index contributed by atoms with van der Waals surface area (Å²) in [4.78, 5) is 27.7. The lowest BCUT2D eigenvalue weighted by molar-refractivity contribution is -0.384. The van der Waals surface area contributed by atoms with Gasteiger partial charge >= 0.3 is 6.09 Å². The molecule has 0 aliphatic heterocycles. The molecule has 1 aromatic heterocycles. The Kier molecular flexibility index (Phi) is 3.02. The standard InChI is InChI=1S/C9H7ClN4O4/c1-18-9(15)13-8-11-5-2-4(10)7(14(16)17)3-6(5)12-8/h2-3H,1H3,(H2,11,12,13,15). The molecule has 94 valence electrons. The summed E-state index contributed by atoms with van der Waals surface area (Å²) in [5, 5.41) is 13.0. The first kappa shape index (κ1) is 12.1. The van der Waals surface area contributed by atoms with Crippen LogP contribution in [-0.2, 0) is 4.74 Å². The highest BCUT2D eigenvalue weighted by Gasteiger charge is 2.16. The molecule has 2 N–H and O–H groups in total. The number of carbonyl (C=O) groups is 1. The fourth-order valence-electron chi connectivity index (χ4n) is 1.37. The second-order valence-corrected chi connectivity index (χ2v) is 3.69. The van der Waals surface area contributed by atoms with Crippen molar-refractivity contribution in [3.05, 3.63) is 27.3 Å². The molecule has 8 nitrogen and oxygen atoms in total. The van der Waals surface area contributed by atoms with Crippen molar-refractivity contribution in [3.8, 4) is 0 Å². The van der Waals surface area contributed by atoms with Crippen LogP contribution in [-0.4, -0.2) is 28.1 Å². The maximum atomic E-state index is 11.0. The molecule has 0 radical (unpaired) electrons. The number of benzene rings is 1. The van der Waals surface area contributed by atoms with Crippen LogP contribution in [0.5, 0.6) is 0 Å². The van der Waals surface area contributed by atoms with Gasteiger partial charge in [0.25, 0.3) is 5.69 Å². The molecule has 2 aromatic rings. The first-order valence-corrected chi connectivity index (χ1v) is 5.07. The van der Waals surface area contributed by atoms with Crippen LogP contribution in [0.3, 0.4) is 0 Å². The average Bonchev–Trinajstić information content (AvgIpc) is 2.68. The summed E-state index contributed by atoms with van der Waals surface area (Å²) in [7, 11) is 1.21. The number of nitrogens with one attached hydrogen (secondary N) is 2. The SMILES string of the molecule is COC(=O)Nc1nc2cc(Cl)c([N+](=O)[O-])cc2[nH]1. The predicted octanol–water partition coefficient (Wildman–Crippen LogP) is 2.30. The van der Waals surface area contributed by atoms with Crippen molar-refractivity contribution in [3.63, 3.8) is 0 Å². The number of aromatic nitrogens is 2. The van der Waals surface area contributed by atoms with Gasteiger partial charge in [0.1, 0.15) is 5.02 Å². The van der Waals surface area contributed by atoms with Gasteiger partial charge in [0.05, 0.1) is 23.1 Å². The van der Waals surface area contributed by atoms with E-state index in [1.54, 1.807) is 0 Å². The molecule has 0 bridgehead atoms. The summed E-state index contributed by atoms with van der Waals surface area (Å²) in [6.07, 6.45) is -0.699. The molecule has 1 aromatic carbocycles. The molecule has 2 rings (SSSR count). The zero-order valence-corrected chi connectivity index (χ0v) is 9.82. The normalized spacial score (nSPS) is 10.3. The largest absolute Gasteiger partial charge is 0.453 e. The van der Waals surface area contributed by atoms with Gasteiger partial charge in [-0.2, -0.15) is 0 Å². The van der Waals surface area contributed by atoms with Gasteiger partial charge in [-0.05, 0) is 6.07 Å². The molecule has 0 fully saturated rings. The number of aromatic amines is 1. The zero-order chi connectivity index (χ0) is 13.3. The number of hydrogen-bond donors (Lipinski definition) is 2. The molecule has 1 amide bonds. The lowest BCUT2D eigenvalue weighted by atomic mass is 10.3. The molecule has 0 spiro atoms. The molecule has 0 unspecified atom stereocenters. The molecule has 0 aliphatic rings. The Morgan fingerprint density at radius 1 is 1.61 bits per heavy atom. The van der Waals surface area contributed by atoms with Gasteiger partial charge in [0.15, 0.2) is 0 Å². The number of hydrogen-bond acceptors (Lipinski definition) is 5. The maximum Gasteiger partial charge on any atom is 0.413 e. The molecule has 0 aliphatic carbocycles. The number of ether oxygens (including phenoxy) is 1. The van der Waals surface area contributed by atoms with Crippen molar-refractivity contribution in [2.75, 3.05) is 12.4 Å². The van der Waals surface area contributed by atoms with Gasteiger partial charge in [-0.1, -0.05) is 11.6 Å². The van der Waals surface area contributed by atoms with Crippen LogP contribution in [0.1, 0.15) is 0 Å². The Labute approximate surface area is 105 Å². The van der Waals surface area contributed by atoms with Gasteiger partial charge in [0, 0.05) is 6.07 Å². The van der Waals surface area contributed by atoms with Crippen LogP contribution in [0.4, 0.5) is 16.4 Å². The minimum Gasteiger partial charge on any atom is -0.453 e. The third-order valence-electron chi connectivity index (χ3n) is 2.15. The van der Waals surface area contributed by atoms with E-state index in [0.29, 0.717) is 11.0 Å². The number of nitro groups is 1. The van der Waals surface area contributed by atoms with Crippen molar-refractivity contribution >= 4 is 40.4 Å². The van der Waals surface area contributed by atoms with E-state index in [9.17, 15) is 14.9 Å². The van der Waals surface area contributed by atoms with Crippen LogP contribution in [0, 0.1) is 10.1 Å². The third-order valence-corrected chi connectivity index (χ3v) is 2.46. The summed E-state index contributed by atoms with van der Waals surface area (Å²) < 4.78 is 4.39. The summed E-state index contributed by atoms with van der Waals surface area (Å²) in [5.41, 5.74) is 0.548. The number of nitro benzene ring substituents is 1. The van der Waals surface area contributed by atoms with E-state index in [1.165, 1.54) is 19.2 Å². The Morgan fingerprint density at radius 3 is 2.94 bits per heavy atom. The van der Waals surface area contributed by atoms with E-state index in [4.69, 9.17) is 11.6 Å². The second kappa shape index (κ2) is 4.49. The number of methoxy groups -OCH3 is 1. The molecular weight excluding hydrogens is 264 g/mol. The number of carbonyl (C=O) groups excluding carboxylic acids is 1. The molecule has 1 heterocycles. The number of halogens is 1. The summed E-state index contributed by atoms with van der Waals surface area (Å²) in [6.45, 7) is 0. The number of amides is 1. The van der Waals surface area contributed by atoms with E-state index < -0.39 is 11.0 Å². The van der Waals surface area contributed by atoms with Crippen LogP contribution in [0.25, 0.3) is 11.0 Å². The van der Waals surface area contributed by atoms with E-state index in [1.807, 2.05) is 0 Å². The van der Waals surface area contributed by atoms with Gasteiger partial charge in [0.2, 0.25) is 5.95 Å². The van der Waals surface area contributed by atoms with Gasteiger partial charge in [-0.15, -0.1) is 0 Å². The number of nitrogens with zero attached hydrogens (tertiary/aromatic N) is 2. The lowest BCUT2D eigenvalue weighted by Crippen LogP contribution is -2.11. The van der Waals surface area contributed by atoms with E-state index in [0.717, 1.165) is 0 Å². The molecular formula is C9H7ClN4O4. The fourth-order valence-corrected chi connectivity index (χ4v) is 1.59. The number of imidazole rings is 1. The van der Waals surface area contributed by atoms with E-state index in [-0.39, 0.29) is 16.7 Å². The van der Waals surface area contributed by atoms with Gasteiger partial charge in [-0.25, -0.2) is 9.78 Å². The van der Waals surface area contributed by atoms with Crippen molar-refractivity contribution < 1.29 is 14.5 Å². The first-order valence-electron chi connectivity index (χ1n) is 4.70. The predicted molar refractivity (Wildman–Crippen MR) is 63.8 cm³/mol. The average molecular weight is 271 g/mol. The van der Waals surface area contributed by atoms with Gasteiger partial charge < -0.3 is 9.72 Å². The molecule has 0 saturated heterocycles. The van der Waals surface area contributed by atoms with Crippen molar-refractivity contribution in [1.82, 2.24) is 9.97 Å². The van der Waals surface area contributed by atoms with Gasteiger partial charge in [-0.3, -0.25) is 15.4 Å². The minimum absolute atomic E-state index is 0.0244. The highest BCUT2D eigenvalue weighted by Crippen LogP contribution is 2.29. The smallest absolute Gasteiger partial charge is 0.413 e. The topological polar surface area (TPSA) is 110 Å². The summed E-state index contributed by atoms with van der Waals surface area (Å²) in [5.74, 6) is 0.119. The Balaban J connectivity index is 2.45. The minimum atomic E-state index is -0.699. The van der Waals surface area contributed by atoms with Crippen molar-refractivity contribution in [2.45, 2.75) is 0 Å². The second-order valence-electron chi connectivity index (χ2n) is 3.28. The van der Waals surface area contributed by atoms with E-state index >= 15 is 0 Å². The summed E-state index contributed by atoms with van der Waals surface area (Å²) in [6, 6.07) is 2.58. The van der Waals surface area contributed by atoms with E-state index in [2.05, 4.69) is 20.0 Å². The quantitative estimate of drug-likeness (QED) is 0.642. The van der Waals surface area contributed by atoms with Crippen LogP contribution < -0.4 is 5.32 Å². The van der Waals surface area contributed by atoms with Crippen molar-refractivity contribution in [1.29, 1.82) is 0 Å². The monoisotopic (exact) mass is 270 g/mol. The Morgan fingerprint density at radius 2 is 2.33 bits per heavy atom. The van der Waals surface area contributed by atoms with Crippen LogP contribution in [0.2, 0.25) is 5.02 Å². The molecule has 0 atom stereocenters.